The average molecular weight is 276 g/mol. The third-order valence-corrected chi connectivity index (χ3v) is 2.69. The van der Waals surface area contributed by atoms with E-state index in [0.717, 1.165) is 18.9 Å². The molecule has 0 aliphatic rings. The van der Waals surface area contributed by atoms with E-state index >= 15 is 0 Å². The van der Waals surface area contributed by atoms with Gasteiger partial charge in [-0.25, -0.2) is 4.98 Å². The van der Waals surface area contributed by atoms with Gasteiger partial charge in [-0.15, -0.1) is 0 Å². The number of halogens is 3. The van der Waals surface area contributed by atoms with E-state index in [4.69, 9.17) is 0 Å². The number of hydrogen-bond donors (Lipinski definition) is 2. The summed E-state index contributed by atoms with van der Waals surface area (Å²) in [4.78, 5) is 7.51. The van der Waals surface area contributed by atoms with Crippen LogP contribution in [-0.2, 0) is 6.18 Å². The zero-order valence-corrected chi connectivity index (χ0v) is 11.3. The Morgan fingerprint density at radius 2 is 1.79 bits per heavy atom. The van der Waals surface area contributed by atoms with Gasteiger partial charge in [0, 0.05) is 18.7 Å². The maximum atomic E-state index is 12.7. The van der Waals surface area contributed by atoms with Gasteiger partial charge in [0.1, 0.15) is 5.82 Å². The molecule has 0 aliphatic heterocycles. The first kappa shape index (κ1) is 15.5. The second-order valence-corrected chi connectivity index (χ2v) is 4.15. The highest BCUT2D eigenvalue weighted by Gasteiger charge is 2.33. The summed E-state index contributed by atoms with van der Waals surface area (Å²) in [5, 5.41) is 5.71. The molecule has 7 heteroatoms. The first-order valence-electron chi connectivity index (χ1n) is 6.37. The van der Waals surface area contributed by atoms with Crippen molar-refractivity contribution in [3.05, 3.63) is 11.8 Å². The van der Waals surface area contributed by atoms with Crippen LogP contribution in [0, 0.1) is 0 Å². The average Bonchev–Trinajstić information content (AvgIpc) is 2.35. The summed E-state index contributed by atoms with van der Waals surface area (Å²) in [6, 6.07) is 1.05. The maximum absolute atomic E-state index is 12.7. The van der Waals surface area contributed by atoms with Gasteiger partial charge in [0.15, 0.2) is 5.69 Å². The molecule has 4 nitrogen and oxygen atoms in total. The number of anilines is 2. The molecule has 0 radical (unpaired) electrons. The third kappa shape index (κ3) is 4.57. The van der Waals surface area contributed by atoms with Gasteiger partial charge < -0.3 is 10.6 Å². The third-order valence-electron chi connectivity index (χ3n) is 2.69. The van der Waals surface area contributed by atoms with Crippen molar-refractivity contribution in [1.82, 2.24) is 9.97 Å². The quantitative estimate of drug-likeness (QED) is 0.834. The number of hydrogen-bond acceptors (Lipinski definition) is 4. The predicted molar refractivity (Wildman–Crippen MR) is 69.2 cm³/mol. The predicted octanol–water partition coefficient (Wildman–Crippen LogP) is 3.53. The molecule has 1 rings (SSSR count). The number of nitrogens with zero attached hydrogens (tertiary/aromatic N) is 2. The van der Waals surface area contributed by atoms with Gasteiger partial charge in [-0.05, 0) is 19.8 Å². The molecule has 1 aromatic rings. The Bertz CT molecular complexity index is 402. The first-order chi connectivity index (χ1) is 8.90. The lowest BCUT2D eigenvalue weighted by Crippen LogP contribution is -2.20. The zero-order chi connectivity index (χ0) is 14.5. The van der Waals surface area contributed by atoms with Crippen LogP contribution in [0.25, 0.3) is 0 Å². The van der Waals surface area contributed by atoms with Crippen LogP contribution in [0.2, 0.25) is 0 Å². The fourth-order valence-corrected chi connectivity index (χ4v) is 1.61. The molecule has 108 valence electrons. The Kier molecular flexibility index (Phi) is 5.38. The minimum absolute atomic E-state index is 0.00854. The van der Waals surface area contributed by atoms with Crippen molar-refractivity contribution in [2.45, 2.75) is 45.8 Å². The van der Waals surface area contributed by atoms with Crippen LogP contribution in [0.15, 0.2) is 6.07 Å². The molecular weight excluding hydrogens is 257 g/mol. The molecule has 0 amide bonds. The molecule has 1 heterocycles. The summed E-state index contributed by atoms with van der Waals surface area (Å²) < 4.78 is 38.2. The van der Waals surface area contributed by atoms with Crippen molar-refractivity contribution in [1.29, 1.82) is 0 Å². The molecule has 0 fully saturated rings. The van der Waals surface area contributed by atoms with Crippen molar-refractivity contribution in [2.75, 3.05) is 17.2 Å². The van der Waals surface area contributed by atoms with Gasteiger partial charge in [0.05, 0.1) is 0 Å². The monoisotopic (exact) mass is 276 g/mol. The number of rotatable bonds is 6. The Morgan fingerprint density at radius 1 is 1.16 bits per heavy atom. The first-order valence-corrected chi connectivity index (χ1v) is 6.37. The fourth-order valence-electron chi connectivity index (χ4n) is 1.61. The highest BCUT2D eigenvalue weighted by molar-refractivity contribution is 5.43. The molecule has 0 spiro atoms. The largest absolute Gasteiger partial charge is 0.433 e. The Balaban J connectivity index is 3.05. The van der Waals surface area contributed by atoms with E-state index in [2.05, 4.69) is 20.6 Å². The summed E-state index contributed by atoms with van der Waals surface area (Å²) in [7, 11) is 0. The Morgan fingerprint density at radius 3 is 2.26 bits per heavy atom. The van der Waals surface area contributed by atoms with Gasteiger partial charge in [0.25, 0.3) is 0 Å². The molecular formula is C12H19F3N4. The van der Waals surface area contributed by atoms with E-state index in [0.29, 0.717) is 6.54 Å². The topological polar surface area (TPSA) is 49.8 Å². The second-order valence-electron chi connectivity index (χ2n) is 4.15. The van der Waals surface area contributed by atoms with E-state index in [9.17, 15) is 13.2 Å². The molecule has 0 saturated carbocycles. The van der Waals surface area contributed by atoms with Crippen molar-refractivity contribution in [2.24, 2.45) is 0 Å². The summed E-state index contributed by atoms with van der Waals surface area (Å²) in [6.45, 7) is 6.18. The molecule has 0 aromatic carbocycles. The minimum atomic E-state index is -4.47. The van der Waals surface area contributed by atoms with Crippen molar-refractivity contribution >= 4 is 11.8 Å². The highest BCUT2D eigenvalue weighted by atomic mass is 19.4. The van der Waals surface area contributed by atoms with E-state index < -0.39 is 11.9 Å². The van der Waals surface area contributed by atoms with Crippen molar-refractivity contribution < 1.29 is 13.2 Å². The molecule has 0 atom stereocenters. The van der Waals surface area contributed by atoms with Gasteiger partial charge in [-0.1, -0.05) is 13.8 Å². The molecule has 1 aromatic heterocycles. The van der Waals surface area contributed by atoms with E-state index in [1.807, 2.05) is 13.8 Å². The Hall–Kier alpha value is -1.53. The van der Waals surface area contributed by atoms with E-state index in [1.54, 1.807) is 6.92 Å². The number of aromatic nitrogens is 2. The second kappa shape index (κ2) is 6.58. The number of nitrogens with one attached hydrogen (secondary N) is 2. The van der Waals surface area contributed by atoms with Crippen molar-refractivity contribution in [3.63, 3.8) is 0 Å². The normalized spacial score (nSPS) is 11.7. The van der Waals surface area contributed by atoms with Gasteiger partial charge in [-0.3, -0.25) is 0 Å². The van der Waals surface area contributed by atoms with E-state index in [-0.39, 0.29) is 17.8 Å². The molecule has 2 N–H and O–H groups in total. The molecule has 0 saturated heterocycles. The van der Waals surface area contributed by atoms with Crippen LogP contribution in [0.4, 0.5) is 24.9 Å². The zero-order valence-electron chi connectivity index (χ0n) is 11.3. The molecule has 0 bridgehead atoms. The van der Waals surface area contributed by atoms with Gasteiger partial charge in [-0.2, -0.15) is 18.2 Å². The van der Waals surface area contributed by atoms with Crippen LogP contribution in [0.5, 0.6) is 0 Å². The Labute approximate surface area is 110 Å². The summed E-state index contributed by atoms with van der Waals surface area (Å²) in [6.07, 6.45) is -2.84. The maximum Gasteiger partial charge on any atom is 0.433 e. The van der Waals surface area contributed by atoms with Crippen LogP contribution in [-0.4, -0.2) is 22.6 Å². The van der Waals surface area contributed by atoms with Gasteiger partial charge >= 0.3 is 6.18 Å². The lowest BCUT2D eigenvalue weighted by molar-refractivity contribution is -0.141. The fraction of sp³-hybridized carbons (Fsp3) is 0.667. The van der Waals surface area contributed by atoms with Gasteiger partial charge in [0.2, 0.25) is 5.95 Å². The van der Waals surface area contributed by atoms with E-state index in [1.165, 1.54) is 0 Å². The lowest BCUT2D eigenvalue weighted by atomic mass is 10.2. The standard InChI is InChI=1S/C12H19F3N4/c1-4-8(5-2)17-10-7-9(12(13,14)15)18-11(19-10)16-6-3/h7-8H,4-6H2,1-3H3,(H2,16,17,18,19). The summed E-state index contributed by atoms with van der Waals surface area (Å²) in [5.41, 5.74) is -0.938. The van der Waals surface area contributed by atoms with Crippen LogP contribution < -0.4 is 10.6 Å². The molecule has 0 aliphatic carbocycles. The lowest BCUT2D eigenvalue weighted by Gasteiger charge is -2.17. The SMILES string of the molecule is CCNc1nc(NC(CC)CC)cc(C(F)(F)F)n1. The van der Waals surface area contributed by atoms with Crippen molar-refractivity contribution in [3.8, 4) is 0 Å². The summed E-state index contributed by atoms with van der Waals surface area (Å²) in [5.74, 6) is 0.192. The number of alkyl halides is 3. The highest BCUT2D eigenvalue weighted by Crippen LogP contribution is 2.29. The van der Waals surface area contributed by atoms with Crippen LogP contribution >= 0.6 is 0 Å². The molecule has 19 heavy (non-hydrogen) atoms. The molecule has 0 unspecified atom stereocenters. The minimum Gasteiger partial charge on any atom is -0.367 e. The smallest absolute Gasteiger partial charge is 0.367 e. The van der Waals surface area contributed by atoms with Crippen LogP contribution in [0.3, 0.4) is 0 Å². The van der Waals surface area contributed by atoms with Crippen LogP contribution in [0.1, 0.15) is 39.3 Å². The summed E-state index contributed by atoms with van der Waals surface area (Å²) >= 11 is 0.